The van der Waals surface area contributed by atoms with E-state index in [1.54, 1.807) is 4.68 Å². The third-order valence-electron chi connectivity index (χ3n) is 2.27. The summed E-state index contributed by atoms with van der Waals surface area (Å²) in [7, 11) is 1.85. The predicted molar refractivity (Wildman–Crippen MR) is 46.9 cm³/mol. The van der Waals surface area contributed by atoms with Crippen molar-refractivity contribution < 1.29 is 4.74 Å². The van der Waals surface area contributed by atoms with Crippen LogP contribution in [-0.4, -0.2) is 27.6 Å². The second kappa shape index (κ2) is 3.43. The first-order valence-electron chi connectivity index (χ1n) is 4.49. The molecule has 13 heavy (non-hydrogen) atoms. The van der Waals surface area contributed by atoms with Crippen LogP contribution < -0.4 is 5.73 Å². The van der Waals surface area contributed by atoms with Gasteiger partial charge in [-0.3, -0.25) is 4.68 Å². The molecule has 0 aliphatic carbocycles. The zero-order chi connectivity index (χ0) is 9.26. The summed E-state index contributed by atoms with van der Waals surface area (Å²) >= 11 is 0. The monoisotopic (exact) mass is 182 g/mol. The normalized spacial score (nSPS) is 29.1. The van der Waals surface area contributed by atoms with Crippen molar-refractivity contribution >= 4 is 0 Å². The topological polar surface area (TPSA) is 66.0 Å². The third kappa shape index (κ3) is 1.87. The van der Waals surface area contributed by atoms with Gasteiger partial charge in [0.1, 0.15) is 11.8 Å². The molecule has 0 saturated carbocycles. The van der Waals surface area contributed by atoms with Crippen molar-refractivity contribution in [2.45, 2.75) is 25.0 Å². The quantitative estimate of drug-likeness (QED) is 0.663. The second-order valence-corrected chi connectivity index (χ2v) is 3.46. The molecule has 0 bridgehead atoms. The highest BCUT2D eigenvalue weighted by Gasteiger charge is 2.23. The summed E-state index contributed by atoms with van der Waals surface area (Å²) < 4.78 is 7.23. The highest BCUT2D eigenvalue weighted by atomic mass is 16.5. The average Bonchev–Trinajstić information content (AvgIpc) is 2.52. The molecular formula is C8H14N4O. The number of hydrogen-bond donors (Lipinski definition) is 1. The van der Waals surface area contributed by atoms with Crippen LogP contribution in [0, 0.1) is 0 Å². The first kappa shape index (κ1) is 8.65. The van der Waals surface area contributed by atoms with Gasteiger partial charge in [0.05, 0.1) is 6.20 Å². The Hall–Kier alpha value is -0.940. The molecule has 1 fully saturated rings. The van der Waals surface area contributed by atoms with Crippen molar-refractivity contribution in [2.24, 2.45) is 12.8 Å². The van der Waals surface area contributed by atoms with Gasteiger partial charge in [-0.05, 0) is 12.8 Å². The summed E-state index contributed by atoms with van der Waals surface area (Å²) in [6.45, 7) is 0.725. The summed E-state index contributed by atoms with van der Waals surface area (Å²) in [4.78, 5) is 0. The van der Waals surface area contributed by atoms with Gasteiger partial charge in [0, 0.05) is 19.7 Å². The van der Waals surface area contributed by atoms with E-state index in [2.05, 4.69) is 10.3 Å². The van der Waals surface area contributed by atoms with Crippen molar-refractivity contribution in [2.75, 3.05) is 6.61 Å². The maximum absolute atomic E-state index is 5.83. The van der Waals surface area contributed by atoms with Crippen molar-refractivity contribution in [3.8, 4) is 0 Å². The Kier molecular flexibility index (Phi) is 2.28. The second-order valence-electron chi connectivity index (χ2n) is 3.46. The van der Waals surface area contributed by atoms with Gasteiger partial charge in [-0.15, -0.1) is 5.10 Å². The molecule has 1 aliphatic rings. The Bertz CT molecular complexity index is 285. The lowest BCUT2D eigenvalue weighted by Crippen LogP contribution is -2.30. The summed E-state index contributed by atoms with van der Waals surface area (Å²) in [5.74, 6) is 0. The largest absolute Gasteiger partial charge is 0.372 e. The van der Waals surface area contributed by atoms with E-state index in [0.717, 1.165) is 25.1 Å². The van der Waals surface area contributed by atoms with E-state index >= 15 is 0 Å². The van der Waals surface area contributed by atoms with Crippen LogP contribution in [0.2, 0.25) is 0 Å². The number of rotatable bonds is 1. The fraction of sp³-hybridized carbons (Fsp3) is 0.750. The minimum Gasteiger partial charge on any atom is -0.372 e. The first-order valence-corrected chi connectivity index (χ1v) is 4.49. The van der Waals surface area contributed by atoms with E-state index in [9.17, 15) is 0 Å². The van der Waals surface area contributed by atoms with E-state index < -0.39 is 0 Å². The zero-order valence-corrected chi connectivity index (χ0v) is 7.68. The molecule has 2 unspecified atom stereocenters. The number of nitrogens with two attached hydrogens (primary N) is 1. The standard InChI is InChI=1S/C8H14N4O/c1-12-5-7(10-11-12)8-4-6(9)2-3-13-8/h5-6,8H,2-4,9H2,1H3. The minimum absolute atomic E-state index is 0.0393. The number of aryl methyl sites for hydroxylation is 1. The van der Waals surface area contributed by atoms with Crippen LogP contribution in [0.1, 0.15) is 24.6 Å². The molecule has 0 spiro atoms. The van der Waals surface area contributed by atoms with Gasteiger partial charge < -0.3 is 10.5 Å². The molecule has 2 N–H and O–H groups in total. The van der Waals surface area contributed by atoms with Gasteiger partial charge in [0.2, 0.25) is 0 Å². The van der Waals surface area contributed by atoms with E-state index in [0.29, 0.717) is 0 Å². The molecule has 5 heteroatoms. The SMILES string of the molecule is Cn1cc(C2CC(N)CCO2)nn1. The summed E-state index contributed by atoms with van der Waals surface area (Å²) in [6, 6.07) is 0.237. The maximum atomic E-state index is 5.83. The molecular weight excluding hydrogens is 168 g/mol. The van der Waals surface area contributed by atoms with Gasteiger partial charge in [0.25, 0.3) is 0 Å². The minimum atomic E-state index is 0.0393. The van der Waals surface area contributed by atoms with E-state index in [1.165, 1.54) is 0 Å². The molecule has 2 rings (SSSR count). The average molecular weight is 182 g/mol. The Morgan fingerprint density at radius 1 is 1.69 bits per heavy atom. The van der Waals surface area contributed by atoms with Crippen LogP contribution in [0.25, 0.3) is 0 Å². The first-order chi connectivity index (χ1) is 6.25. The molecule has 1 saturated heterocycles. The number of ether oxygens (including phenoxy) is 1. The number of aromatic nitrogens is 3. The number of hydrogen-bond acceptors (Lipinski definition) is 4. The van der Waals surface area contributed by atoms with Crippen LogP contribution in [0.4, 0.5) is 0 Å². The van der Waals surface area contributed by atoms with E-state index in [1.807, 2.05) is 13.2 Å². The lowest BCUT2D eigenvalue weighted by atomic mass is 10.0. The molecule has 1 aliphatic heterocycles. The molecule has 5 nitrogen and oxygen atoms in total. The van der Waals surface area contributed by atoms with Crippen molar-refractivity contribution in [1.29, 1.82) is 0 Å². The molecule has 1 aromatic rings. The van der Waals surface area contributed by atoms with Crippen molar-refractivity contribution in [1.82, 2.24) is 15.0 Å². The molecule has 1 aromatic heterocycles. The molecule has 2 heterocycles. The maximum Gasteiger partial charge on any atom is 0.111 e. The van der Waals surface area contributed by atoms with Gasteiger partial charge >= 0.3 is 0 Å². The Morgan fingerprint density at radius 2 is 2.54 bits per heavy atom. The van der Waals surface area contributed by atoms with Gasteiger partial charge in [-0.2, -0.15) is 0 Å². The molecule has 2 atom stereocenters. The van der Waals surface area contributed by atoms with Crippen molar-refractivity contribution in [3.63, 3.8) is 0 Å². The van der Waals surface area contributed by atoms with Crippen LogP contribution in [0.5, 0.6) is 0 Å². The lowest BCUT2D eigenvalue weighted by Gasteiger charge is -2.25. The van der Waals surface area contributed by atoms with Crippen LogP contribution in [-0.2, 0) is 11.8 Å². The Labute approximate surface area is 76.9 Å². The van der Waals surface area contributed by atoms with Gasteiger partial charge in [-0.1, -0.05) is 5.21 Å². The highest BCUT2D eigenvalue weighted by molar-refractivity contribution is 4.99. The number of nitrogens with zero attached hydrogens (tertiary/aromatic N) is 3. The fourth-order valence-electron chi connectivity index (χ4n) is 1.54. The van der Waals surface area contributed by atoms with Crippen LogP contribution >= 0.6 is 0 Å². The molecule has 0 radical (unpaired) electrons. The summed E-state index contributed by atoms with van der Waals surface area (Å²) in [6.07, 6.45) is 3.70. The summed E-state index contributed by atoms with van der Waals surface area (Å²) in [5.41, 5.74) is 6.72. The van der Waals surface area contributed by atoms with Gasteiger partial charge in [-0.25, -0.2) is 0 Å². The van der Waals surface area contributed by atoms with Crippen LogP contribution in [0.15, 0.2) is 6.20 Å². The van der Waals surface area contributed by atoms with Crippen molar-refractivity contribution in [3.05, 3.63) is 11.9 Å². The smallest absolute Gasteiger partial charge is 0.111 e. The van der Waals surface area contributed by atoms with E-state index in [-0.39, 0.29) is 12.1 Å². The van der Waals surface area contributed by atoms with Gasteiger partial charge in [0.15, 0.2) is 0 Å². The lowest BCUT2D eigenvalue weighted by molar-refractivity contribution is 0.00406. The van der Waals surface area contributed by atoms with E-state index in [4.69, 9.17) is 10.5 Å². The Morgan fingerprint density at radius 3 is 3.15 bits per heavy atom. The zero-order valence-electron chi connectivity index (χ0n) is 7.68. The molecule has 0 amide bonds. The third-order valence-corrected chi connectivity index (χ3v) is 2.27. The fourth-order valence-corrected chi connectivity index (χ4v) is 1.54. The molecule has 72 valence electrons. The Balaban J connectivity index is 2.08. The van der Waals surface area contributed by atoms with Crippen LogP contribution in [0.3, 0.4) is 0 Å². The highest BCUT2D eigenvalue weighted by Crippen LogP contribution is 2.25. The summed E-state index contributed by atoms with van der Waals surface area (Å²) in [5, 5.41) is 7.87. The predicted octanol–water partition coefficient (Wildman–Crippen LogP) is -0.00610. The molecule has 0 aromatic carbocycles.